The van der Waals surface area contributed by atoms with Crippen LogP contribution >= 0.6 is 7.60 Å². The van der Waals surface area contributed by atoms with Crippen molar-refractivity contribution in [3.8, 4) is 0 Å². The summed E-state index contributed by atoms with van der Waals surface area (Å²) in [6.45, 7) is 0. The van der Waals surface area contributed by atoms with Crippen molar-refractivity contribution in [1.82, 2.24) is 0 Å². The molecule has 6 N–H and O–H groups in total. The summed E-state index contributed by atoms with van der Waals surface area (Å²) < 4.78 is 10.6. The summed E-state index contributed by atoms with van der Waals surface area (Å²) in [5.74, 6) is -2.00. The van der Waals surface area contributed by atoms with E-state index in [1.807, 2.05) is 5.43 Å². The molecule has 5 rings (SSSR count). The van der Waals surface area contributed by atoms with E-state index < -0.39 is 23.9 Å². The number of hydrazone groups is 1. The zero-order chi connectivity index (χ0) is 32.5. The summed E-state index contributed by atoms with van der Waals surface area (Å²) in [4.78, 5) is 41.3. The van der Waals surface area contributed by atoms with E-state index in [9.17, 15) is 29.3 Å². The van der Waals surface area contributed by atoms with Crippen molar-refractivity contribution in [1.29, 1.82) is 0 Å². The van der Waals surface area contributed by atoms with E-state index in [0.29, 0.717) is 0 Å². The molecule has 4 fully saturated rings. The monoisotopic (exact) mass is 651 g/mol. The fraction of sp³-hybridized carbons (Fsp3) is 0.750. The van der Waals surface area contributed by atoms with Gasteiger partial charge in [0.15, 0.2) is 5.45 Å². The molecule has 45 heavy (non-hydrogen) atoms. The number of nitrogens with one attached hydrogen (secondary N) is 1. The first-order valence-corrected chi connectivity index (χ1v) is 18.7. The number of hydrogen-bond donors (Lipinski definition) is 4. The van der Waals surface area contributed by atoms with Crippen LogP contribution in [-0.2, 0) is 9.36 Å². The van der Waals surface area contributed by atoms with Crippen LogP contribution in [0, 0.1) is 10.1 Å². The summed E-state index contributed by atoms with van der Waals surface area (Å²) in [7, 11) is -5.51. The summed E-state index contributed by atoms with van der Waals surface area (Å²) >= 11 is 0. The lowest BCUT2D eigenvalue weighted by atomic mass is 9.91. The van der Waals surface area contributed by atoms with Crippen LogP contribution in [0.4, 0.5) is 11.4 Å². The van der Waals surface area contributed by atoms with Crippen LogP contribution in [-0.4, -0.2) is 45.6 Å². The van der Waals surface area contributed by atoms with Gasteiger partial charge in [0, 0.05) is 12.1 Å². The number of benzene rings is 1. The lowest BCUT2D eigenvalue weighted by molar-refractivity contribution is -0.726. The first-order valence-electron chi connectivity index (χ1n) is 17.2. The second-order valence-electron chi connectivity index (χ2n) is 13.1. The molecule has 13 heteroatoms. The zero-order valence-electron chi connectivity index (χ0n) is 26.7. The van der Waals surface area contributed by atoms with Gasteiger partial charge in [-0.1, -0.05) is 25.7 Å². The Morgan fingerprint density at radius 3 is 1.31 bits per heavy atom. The smallest absolute Gasteiger partial charge is 0.357 e. The Balaban J connectivity index is 0.000000189. The van der Waals surface area contributed by atoms with E-state index in [2.05, 4.69) is 15.7 Å². The van der Waals surface area contributed by atoms with Crippen molar-refractivity contribution >= 4 is 30.4 Å². The molecule has 0 amide bonds. The minimum atomic E-state index is -5.51. The molecule has 0 spiro atoms. The van der Waals surface area contributed by atoms with Gasteiger partial charge >= 0.3 is 5.97 Å². The van der Waals surface area contributed by atoms with E-state index in [1.165, 1.54) is 141 Å². The molecule has 12 nitrogen and oxygen atoms in total. The lowest BCUT2D eigenvalue weighted by Crippen LogP contribution is -2.95. The van der Waals surface area contributed by atoms with Crippen molar-refractivity contribution in [2.24, 2.45) is 5.10 Å². The number of carboxylic acids is 1. The Bertz CT molecular complexity index is 1020. The lowest BCUT2D eigenvalue weighted by Gasteiger charge is -2.27. The average Bonchev–Trinajstić information content (AvgIpc) is 3.03. The van der Waals surface area contributed by atoms with Crippen molar-refractivity contribution in [3.05, 3.63) is 34.4 Å². The quantitative estimate of drug-likeness (QED) is 0.134. The number of carboxylic acid groups (broad SMARTS) is 1. The number of rotatable bonds is 9. The standard InChI is InChI=1S/2C12H23N.C8H8N3O7P/c2*1-3-7-11(8-4-1)13-12-9-5-2-6-10-12;12-8(13)7(19(16,17)18)10-9-5-1-3-6(4-2-5)11(14)15/h2*11-13H,1-10H2;1-4,9H,(H,12,13)(H2,16,17,18)/b;;10-7+. The number of non-ortho nitro benzene ring substituents is 1. The first-order chi connectivity index (χ1) is 21.6. The largest absolute Gasteiger partial charge is 0.806 e. The molecule has 4 aliphatic rings. The maximum Gasteiger partial charge on any atom is 0.357 e. The molecule has 0 aliphatic heterocycles. The fourth-order valence-electron chi connectivity index (χ4n) is 7.08. The predicted molar refractivity (Wildman–Crippen MR) is 171 cm³/mol. The Morgan fingerprint density at radius 1 is 0.711 bits per heavy atom. The van der Waals surface area contributed by atoms with Gasteiger partial charge in [-0.05, 0) is 122 Å². The van der Waals surface area contributed by atoms with E-state index in [1.54, 1.807) is 0 Å². The number of aliphatic carboxylic acids is 1. The van der Waals surface area contributed by atoms with Crippen molar-refractivity contribution < 1.29 is 39.8 Å². The average molecular weight is 652 g/mol. The van der Waals surface area contributed by atoms with Crippen LogP contribution in [0.5, 0.6) is 0 Å². The van der Waals surface area contributed by atoms with Crippen LogP contribution in [0.15, 0.2) is 29.4 Å². The van der Waals surface area contributed by atoms with E-state index in [0.717, 1.165) is 36.3 Å². The number of nitrogens with zero attached hydrogens (tertiary/aromatic N) is 2. The molecule has 0 aromatic heterocycles. The highest BCUT2D eigenvalue weighted by Gasteiger charge is 2.24. The number of hydrogen-bond acceptors (Lipinski definition) is 8. The fourth-order valence-corrected chi connectivity index (χ4v) is 7.48. The van der Waals surface area contributed by atoms with Gasteiger partial charge in [-0.25, -0.2) is 4.79 Å². The van der Waals surface area contributed by atoms with E-state index in [-0.39, 0.29) is 11.4 Å². The van der Waals surface area contributed by atoms with Crippen LogP contribution in [0.1, 0.15) is 128 Å². The Hall–Kier alpha value is -2.37. The number of nitro benzene ring substituents is 1. The molecule has 0 heterocycles. The van der Waals surface area contributed by atoms with Gasteiger partial charge in [-0.3, -0.25) is 15.5 Å². The number of anilines is 1. The van der Waals surface area contributed by atoms with Gasteiger partial charge in [0.1, 0.15) is 0 Å². The SMILES string of the molecule is C1CCC([NH2+]C2CCCCC2)CC1.C1CCC([NH2+]C2CCCCC2)CC1.O=C(O)/C(=N\Nc1ccc([N+](=O)[O-])cc1)P(=O)([O-])[O-]. The molecule has 4 saturated carbocycles. The highest BCUT2D eigenvalue weighted by atomic mass is 31.2. The van der Waals surface area contributed by atoms with Gasteiger partial charge in [0.2, 0.25) is 0 Å². The zero-order valence-corrected chi connectivity index (χ0v) is 27.5. The molecule has 4 aliphatic carbocycles. The second kappa shape index (κ2) is 20.0. The third-order valence-electron chi connectivity index (χ3n) is 9.51. The van der Waals surface area contributed by atoms with E-state index in [4.69, 9.17) is 5.11 Å². The van der Waals surface area contributed by atoms with Gasteiger partial charge in [0.25, 0.3) is 5.69 Å². The van der Waals surface area contributed by atoms with Gasteiger partial charge in [-0.15, -0.1) is 0 Å². The van der Waals surface area contributed by atoms with Gasteiger partial charge in [-0.2, -0.15) is 5.10 Å². The molecular formula is C32H54N5O7P. The molecule has 0 unspecified atom stereocenters. The predicted octanol–water partition coefficient (Wildman–Crippen LogP) is 3.75. The number of nitro groups is 1. The van der Waals surface area contributed by atoms with Crippen molar-refractivity contribution in [3.63, 3.8) is 0 Å². The molecule has 0 bridgehead atoms. The third-order valence-corrected chi connectivity index (χ3v) is 10.3. The highest BCUT2D eigenvalue weighted by molar-refractivity contribution is 7.71. The van der Waals surface area contributed by atoms with Gasteiger partial charge < -0.3 is 30.1 Å². The summed E-state index contributed by atoms with van der Waals surface area (Å²) in [5, 5.41) is 27.2. The summed E-state index contributed by atoms with van der Waals surface area (Å²) in [5.41, 5.74) is 0.298. The molecule has 1 aromatic carbocycles. The minimum Gasteiger partial charge on any atom is -0.806 e. The Kier molecular flexibility index (Phi) is 16.5. The highest BCUT2D eigenvalue weighted by Crippen LogP contribution is 2.26. The van der Waals surface area contributed by atoms with E-state index >= 15 is 0 Å². The van der Waals surface area contributed by atoms with Crippen LogP contribution < -0.4 is 25.8 Å². The first kappa shape index (κ1) is 37.1. The van der Waals surface area contributed by atoms with Crippen molar-refractivity contribution in [2.45, 2.75) is 153 Å². The Labute approximate surface area is 267 Å². The number of quaternary nitrogens is 2. The van der Waals surface area contributed by atoms with Crippen LogP contribution in [0.25, 0.3) is 0 Å². The molecule has 1 aromatic rings. The number of nitrogens with two attached hydrogens (primary N) is 2. The number of carbonyl (C=O) groups is 1. The molecular weight excluding hydrogens is 597 g/mol. The second-order valence-corrected chi connectivity index (χ2v) is 14.5. The minimum absolute atomic E-state index is 0.0813. The molecule has 0 saturated heterocycles. The summed E-state index contributed by atoms with van der Waals surface area (Å²) in [6, 6.07) is 8.50. The Morgan fingerprint density at radius 2 is 1.04 bits per heavy atom. The maximum atomic E-state index is 10.6. The maximum absolute atomic E-state index is 10.6. The van der Waals surface area contributed by atoms with Crippen LogP contribution in [0.2, 0.25) is 0 Å². The normalized spacial score (nSPS) is 21.1. The molecule has 0 radical (unpaired) electrons. The topological polar surface area (TPSA) is 201 Å². The summed E-state index contributed by atoms with van der Waals surface area (Å²) in [6.07, 6.45) is 29.9. The molecule has 254 valence electrons. The third kappa shape index (κ3) is 14.7. The van der Waals surface area contributed by atoms with Gasteiger partial charge in [0.05, 0.1) is 34.8 Å². The van der Waals surface area contributed by atoms with Crippen LogP contribution in [0.3, 0.4) is 0 Å². The molecule has 0 atom stereocenters. The van der Waals surface area contributed by atoms with Crippen molar-refractivity contribution in [2.75, 3.05) is 5.43 Å².